The molecule has 0 aliphatic heterocycles. The molecule has 0 bridgehead atoms. The number of phenols is 1. The van der Waals surface area contributed by atoms with E-state index in [-0.39, 0.29) is 5.75 Å². The van der Waals surface area contributed by atoms with Crippen LogP contribution in [0.2, 0.25) is 5.02 Å². The Morgan fingerprint density at radius 3 is 2.81 bits per heavy atom. The van der Waals surface area contributed by atoms with Crippen LogP contribution in [0.25, 0.3) is 22.6 Å². The fraction of sp³-hybridized carbons (Fsp3) is 0.0476. The van der Waals surface area contributed by atoms with Gasteiger partial charge in [-0.1, -0.05) is 29.3 Å². The van der Waals surface area contributed by atoms with E-state index in [1.54, 1.807) is 18.3 Å². The molecule has 0 fully saturated rings. The summed E-state index contributed by atoms with van der Waals surface area (Å²) in [7, 11) is 0. The Hall–Kier alpha value is -2.38. The van der Waals surface area contributed by atoms with E-state index in [1.165, 1.54) is 0 Å². The predicted octanol–water partition coefficient (Wildman–Crippen LogP) is 6.52. The third-order valence-electron chi connectivity index (χ3n) is 4.05. The molecule has 134 valence electrons. The Bertz CT molecular complexity index is 1180. The zero-order valence-electron chi connectivity index (χ0n) is 14.3. The maximum atomic E-state index is 10.1. The van der Waals surface area contributed by atoms with E-state index in [9.17, 15) is 5.11 Å². The lowest BCUT2D eigenvalue weighted by Gasteiger charge is -2.02. The number of aromatic hydroxyl groups is 1. The molecule has 0 amide bonds. The summed E-state index contributed by atoms with van der Waals surface area (Å²) < 4.78 is 6.53. The van der Waals surface area contributed by atoms with E-state index >= 15 is 0 Å². The number of oxazole rings is 1. The van der Waals surface area contributed by atoms with Crippen LogP contribution in [0.3, 0.4) is 0 Å². The lowest BCUT2D eigenvalue weighted by molar-refractivity contribution is 0.470. The monoisotopic (exact) mass is 488 g/mol. The van der Waals surface area contributed by atoms with Crippen molar-refractivity contribution in [1.82, 2.24) is 4.98 Å². The summed E-state index contributed by atoms with van der Waals surface area (Å²) in [5.41, 5.74) is 4.79. The lowest BCUT2D eigenvalue weighted by Crippen LogP contribution is -1.86. The van der Waals surface area contributed by atoms with Crippen LogP contribution in [0, 0.1) is 10.5 Å². The van der Waals surface area contributed by atoms with Crippen molar-refractivity contribution in [3.05, 3.63) is 74.3 Å². The first-order chi connectivity index (χ1) is 13.0. The normalized spacial score (nSPS) is 11.5. The molecule has 3 aromatic carbocycles. The van der Waals surface area contributed by atoms with Crippen LogP contribution in [0.1, 0.15) is 11.1 Å². The van der Waals surface area contributed by atoms with Gasteiger partial charge < -0.3 is 9.52 Å². The molecule has 0 radical (unpaired) electrons. The number of phenolic OH excluding ortho intramolecular Hbond substituents is 1. The van der Waals surface area contributed by atoms with Gasteiger partial charge >= 0.3 is 0 Å². The van der Waals surface area contributed by atoms with E-state index < -0.39 is 0 Å². The standard InChI is InChI=1S/C21H14ClIN2O2/c1-12-3-2-4-13(7-12)21-25-18-10-16(5-6-19(18)27-21)24-11-14-8-15(22)9-17(23)20(14)26/h2-11,26H,1H3. The minimum Gasteiger partial charge on any atom is -0.506 e. The van der Waals surface area contributed by atoms with Crippen LogP contribution in [0.4, 0.5) is 5.69 Å². The number of hydrogen-bond donors (Lipinski definition) is 1. The molecule has 0 spiro atoms. The lowest BCUT2D eigenvalue weighted by atomic mass is 10.1. The van der Waals surface area contributed by atoms with E-state index in [4.69, 9.17) is 16.0 Å². The van der Waals surface area contributed by atoms with Gasteiger partial charge in [0.05, 0.1) is 9.26 Å². The van der Waals surface area contributed by atoms with Gasteiger partial charge in [-0.3, -0.25) is 4.99 Å². The molecule has 0 unspecified atom stereocenters. The van der Waals surface area contributed by atoms with E-state index in [0.29, 0.717) is 31.3 Å². The molecule has 4 aromatic rings. The number of halogens is 2. The average molecular weight is 489 g/mol. The van der Waals surface area contributed by atoms with Gasteiger partial charge in [0, 0.05) is 22.4 Å². The topological polar surface area (TPSA) is 58.6 Å². The fourth-order valence-corrected chi connectivity index (χ4v) is 3.78. The highest BCUT2D eigenvalue weighted by molar-refractivity contribution is 14.1. The number of fused-ring (bicyclic) bond motifs is 1. The SMILES string of the molecule is Cc1cccc(-c2nc3cc(N=Cc4cc(Cl)cc(I)c4O)ccc3o2)c1. The van der Waals surface area contributed by atoms with Gasteiger partial charge in [0.1, 0.15) is 11.3 Å². The number of aryl methyl sites for hydroxylation is 1. The molecule has 0 atom stereocenters. The molecule has 4 rings (SSSR count). The first-order valence-electron chi connectivity index (χ1n) is 8.19. The molecule has 0 aliphatic rings. The molecular formula is C21H14ClIN2O2. The third kappa shape index (κ3) is 3.84. The molecule has 0 aliphatic carbocycles. The summed E-state index contributed by atoms with van der Waals surface area (Å²) in [4.78, 5) is 9.01. The van der Waals surface area contributed by atoms with Crippen molar-refractivity contribution in [3.8, 4) is 17.2 Å². The number of hydrogen-bond acceptors (Lipinski definition) is 4. The molecular weight excluding hydrogens is 475 g/mol. The van der Waals surface area contributed by atoms with Gasteiger partial charge in [-0.15, -0.1) is 0 Å². The summed E-state index contributed by atoms with van der Waals surface area (Å²) in [6.07, 6.45) is 1.59. The zero-order chi connectivity index (χ0) is 19.0. The molecule has 1 N–H and O–H groups in total. The quantitative estimate of drug-likeness (QED) is 0.264. The molecule has 4 nitrogen and oxygen atoms in total. The second kappa shape index (κ2) is 7.32. The molecule has 0 saturated carbocycles. The van der Waals surface area contributed by atoms with Crippen molar-refractivity contribution in [3.63, 3.8) is 0 Å². The van der Waals surface area contributed by atoms with Gasteiger partial charge in [0.25, 0.3) is 0 Å². The Labute approximate surface area is 174 Å². The summed E-state index contributed by atoms with van der Waals surface area (Å²) in [5, 5.41) is 10.7. The minimum atomic E-state index is 0.160. The molecule has 1 heterocycles. The van der Waals surface area contributed by atoms with Gasteiger partial charge in [-0.05, 0) is 72.0 Å². The first kappa shape index (κ1) is 18.0. The highest BCUT2D eigenvalue weighted by Gasteiger charge is 2.09. The van der Waals surface area contributed by atoms with Crippen molar-refractivity contribution in [2.24, 2.45) is 4.99 Å². The Morgan fingerprint density at radius 2 is 2.00 bits per heavy atom. The maximum Gasteiger partial charge on any atom is 0.227 e. The van der Waals surface area contributed by atoms with Crippen LogP contribution in [0.15, 0.2) is 64.0 Å². The Balaban J connectivity index is 1.68. The van der Waals surface area contributed by atoms with Gasteiger partial charge in [-0.25, -0.2) is 4.98 Å². The van der Waals surface area contributed by atoms with E-state index in [0.717, 1.165) is 16.6 Å². The van der Waals surface area contributed by atoms with Crippen molar-refractivity contribution in [2.75, 3.05) is 0 Å². The summed E-state index contributed by atoms with van der Waals surface area (Å²) in [6.45, 7) is 2.03. The number of aliphatic imine (C=N–C) groups is 1. The molecule has 6 heteroatoms. The van der Waals surface area contributed by atoms with Gasteiger partial charge in [0.15, 0.2) is 5.58 Å². The van der Waals surface area contributed by atoms with Crippen molar-refractivity contribution < 1.29 is 9.52 Å². The van der Waals surface area contributed by atoms with Crippen molar-refractivity contribution in [1.29, 1.82) is 0 Å². The molecule has 1 aromatic heterocycles. The summed E-state index contributed by atoms with van der Waals surface area (Å²) in [5.74, 6) is 0.741. The number of rotatable bonds is 3. The molecule has 0 saturated heterocycles. The number of aromatic nitrogens is 1. The van der Waals surface area contributed by atoms with Crippen LogP contribution in [-0.4, -0.2) is 16.3 Å². The third-order valence-corrected chi connectivity index (χ3v) is 5.09. The van der Waals surface area contributed by atoms with E-state index in [2.05, 4.69) is 9.98 Å². The van der Waals surface area contributed by atoms with Crippen LogP contribution >= 0.6 is 34.2 Å². The highest BCUT2D eigenvalue weighted by Crippen LogP contribution is 2.29. The number of nitrogens with zero attached hydrogens (tertiary/aromatic N) is 2. The van der Waals surface area contributed by atoms with Crippen LogP contribution in [-0.2, 0) is 0 Å². The second-order valence-electron chi connectivity index (χ2n) is 6.12. The van der Waals surface area contributed by atoms with E-state index in [1.807, 2.05) is 72.0 Å². The maximum absolute atomic E-state index is 10.1. The minimum absolute atomic E-state index is 0.160. The van der Waals surface area contributed by atoms with Crippen LogP contribution < -0.4 is 0 Å². The Morgan fingerprint density at radius 1 is 1.15 bits per heavy atom. The smallest absolute Gasteiger partial charge is 0.227 e. The van der Waals surface area contributed by atoms with Gasteiger partial charge in [0.2, 0.25) is 5.89 Å². The molecule has 27 heavy (non-hydrogen) atoms. The van der Waals surface area contributed by atoms with Crippen molar-refractivity contribution >= 4 is 57.2 Å². The average Bonchev–Trinajstić information content (AvgIpc) is 3.07. The second-order valence-corrected chi connectivity index (χ2v) is 7.72. The fourth-order valence-electron chi connectivity index (χ4n) is 2.73. The van der Waals surface area contributed by atoms with Crippen LogP contribution in [0.5, 0.6) is 5.75 Å². The summed E-state index contributed by atoms with van der Waals surface area (Å²) >= 11 is 8.09. The highest BCUT2D eigenvalue weighted by atomic mass is 127. The largest absolute Gasteiger partial charge is 0.506 e. The Kier molecular flexibility index (Phi) is 4.88. The predicted molar refractivity (Wildman–Crippen MR) is 117 cm³/mol. The van der Waals surface area contributed by atoms with Crippen molar-refractivity contribution in [2.45, 2.75) is 6.92 Å². The summed E-state index contributed by atoms with van der Waals surface area (Å²) in [6, 6.07) is 16.9. The number of benzene rings is 3. The first-order valence-corrected chi connectivity index (χ1v) is 9.65. The zero-order valence-corrected chi connectivity index (χ0v) is 17.2. The van der Waals surface area contributed by atoms with Gasteiger partial charge in [-0.2, -0.15) is 0 Å².